The van der Waals surface area contributed by atoms with Crippen LogP contribution >= 0.6 is 11.8 Å². The van der Waals surface area contributed by atoms with E-state index in [9.17, 15) is 19.2 Å². The number of esters is 1. The Morgan fingerprint density at radius 3 is 2.53 bits per heavy atom. The summed E-state index contributed by atoms with van der Waals surface area (Å²) >= 11 is 0.790. The minimum Gasteiger partial charge on any atom is -0.465 e. The third-order valence-corrected chi connectivity index (χ3v) is 7.04. The van der Waals surface area contributed by atoms with Crippen LogP contribution in [0.5, 0.6) is 11.5 Å². The van der Waals surface area contributed by atoms with Gasteiger partial charge in [0.05, 0.1) is 17.6 Å². The molecule has 194 valence electrons. The molecule has 2 aromatic carbocycles. The number of nitrogens with one attached hydrogen (secondary N) is 1. The van der Waals surface area contributed by atoms with E-state index in [4.69, 9.17) is 14.2 Å². The second-order valence-corrected chi connectivity index (χ2v) is 9.58. The third kappa shape index (κ3) is 4.75. The zero-order valence-electron chi connectivity index (χ0n) is 20.8. The molecular formula is C27H23N3O7S. The van der Waals surface area contributed by atoms with Gasteiger partial charge in [-0.1, -0.05) is 0 Å². The molecule has 1 N–H and O–H groups in total. The van der Waals surface area contributed by atoms with Crippen molar-refractivity contribution >= 4 is 46.5 Å². The molecule has 3 heterocycles. The van der Waals surface area contributed by atoms with E-state index in [0.717, 1.165) is 39.3 Å². The van der Waals surface area contributed by atoms with Crippen LogP contribution in [0.15, 0.2) is 53.4 Å². The summed E-state index contributed by atoms with van der Waals surface area (Å²) in [6.45, 7) is 3.52. The van der Waals surface area contributed by atoms with Crippen molar-refractivity contribution in [2.24, 2.45) is 0 Å². The molecule has 5 rings (SSSR count). The Kier molecular flexibility index (Phi) is 6.68. The summed E-state index contributed by atoms with van der Waals surface area (Å²) in [4.78, 5) is 51.1. The minimum absolute atomic E-state index is 0.111. The van der Waals surface area contributed by atoms with Gasteiger partial charge in [0.2, 0.25) is 12.7 Å². The van der Waals surface area contributed by atoms with E-state index in [1.807, 2.05) is 36.6 Å². The van der Waals surface area contributed by atoms with Gasteiger partial charge in [0.1, 0.15) is 6.54 Å². The molecule has 0 aliphatic carbocycles. The molecule has 2 aliphatic rings. The standard InChI is InChI=1S/C27H23N3O7S/c1-15-10-18(16(2)30(15)20-7-4-17(5-8-20)26(33)35-3)11-23-25(32)29(27(34)38-23)13-24(31)28-19-6-9-21-22(12-19)37-14-36-21/h4-12H,13-14H2,1-3H3,(H,28,31)/b23-11+. The second kappa shape index (κ2) is 10.1. The molecule has 11 heteroatoms. The Bertz CT molecular complexity index is 1510. The van der Waals surface area contributed by atoms with Gasteiger partial charge in [0, 0.05) is 28.8 Å². The van der Waals surface area contributed by atoms with E-state index in [2.05, 4.69) is 5.32 Å². The Labute approximate surface area is 222 Å². The quantitative estimate of drug-likeness (QED) is 0.369. The molecule has 1 saturated heterocycles. The first kappa shape index (κ1) is 25.2. The maximum Gasteiger partial charge on any atom is 0.337 e. The van der Waals surface area contributed by atoms with Crippen molar-refractivity contribution in [1.82, 2.24) is 9.47 Å². The highest BCUT2D eigenvalue weighted by molar-refractivity contribution is 8.18. The molecule has 3 amide bonds. The Morgan fingerprint density at radius 1 is 1.05 bits per heavy atom. The average molecular weight is 534 g/mol. The maximum atomic E-state index is 13.0. The van der Waals surface area contributed by atoms with Gasteiger partial charge >= 0.3 is 5.97 Å². The molecule has 0 atom stereocenters. The number of aryl methyl sites for hydroxylation is 1. The highest BCUT2D eigenvalue weighted by Gasteiger charge is 2.36. The van der Waals surface area contributed by atoms with Crippen molar-refractivity contribution in [2.45, 2.75) is 13.8 Å². The topological polar surface area (TPSA) is 116 Å². The number of carbonyl (C=O) groups excluding carboxylic acids is 4. The average Bonchev–Trinajstić information content (AvgIpc) is 3.56. The molecule has 0 spiro atoms. The molecule has 3 aromatic rings. The fourth-order valence-corrected chi connectivity index (χ4v) is 5.12. The van der Waals surface area contributed by atoms with Crippen molar-refractivity contribution in [3.63, 3.8) is 0 Å². The number of nitrogens with zero attached hydrogens (tertiary/aromatic N) is 2. The number of amides is 3. The lowest BCUT2D eigenvalue weighted by atomic mass is 10.2. The van der Waals surface area contributed by atoms with Crippen molar-refractivity contribution < 1.29 is 33.4 Å². The zero-order chi connectivity index (χ0) is 27.0. The number of ether oxygens (including phenoxy) is 3. The third-order valence-electron chi connectivity index (χ3n) is 6.14. The van der Waals surface area contributed by atoms with Crippen LogP contribution in [0.25, 0.3) is 11.8 Å². The molecule has 0 unspecified atom stereocenters. The summed E-state index contributed by atoms with van der Waals surface area (Å²) in [5.74, 6) is -0.377. The van der Waals surface area contributed by atoms with Crippen LogP contribution < -0.4 is 14.8 Å². The molecule has 0 radical (unpaired) electrons. The Balaban J connectivity index is 1.31. The minimum atomic E-state index is -0.534. The van der Waals surface area contributed by atoms with Gasteiger partial charge in [-0.25, -0.2) is 4.79 Å². The lowest BCUT2D eigenvalue weighted by Crippen LogP contribution is -2.36. The number of rotatable bonds is 6. The number of benzene rings is 2. The lowest BCUT2D eigenvalue weighted by Gasteiger charge is -2.12. The second-order valence-electron chi connectivity index (χ2n) is 8.58. The first-order chi connectivity index (χ1) is 18.2. The smallest absolute Gasteiger partial charge is 0.337 e. The number of hydrogen-bond acceptors (Lipinski definition) is 8. The van der Waals surface area contributed by atoms with Crippen molar-refractivity contribution in [3.05, 3.63) is 76.0 Å². The number of thioether (sulfide) groups is 1. The molecule has 0 bridgehead atoms. The van der Waals surface area contributed by atoms with Crippen LogP contribution in [-0.2, 0) is 14.3 Å². The van der Waals surface area contributed by atoms with E-state index < -0.39 is 29.6 Å². The number of methoxy groups -OCH3 is 1. The van der Waals surface area contributed by atoms with Crippen molar-refractivity contribution in [2.75, 3.05) is 25.8 Å². The number of fused-ring (bicyclic) bond motifs is 1. The van der Waals surface area contributed by atoms with Crippen LogP contribution in [-0.4, -0.2) is 52.9 Å². The van der Waals surface area contributed by atoms with Crippen LogP contribution in [0.3, 0.4) is 0 Å². The van der Waals surface area contributed by atoms with Gasteiger partial charge in [-0.3, -0.25) is 19.3 Å². The van der Waals surface area contributed by atoms with Gasteiger partial charge in [0.25, 0.3) is 11.1 Å². The van der Waals surface area contributed by atoms with Gasteiger partial charge in [-0.15, -0.1) is 0 Å². The van der Waals surface area contributed by atoms with Gasteiger partial charge < -0.3 is 24.1 Å². The van der Waals surface area contributed by atoms with Crippen LogP contribution in [0.4, 0.5) is 10.5 Å². The van der Waals surface area contributed by atoms with Crippen molar-refractivity contribution in [1.29, 1.82) is 0 Å². The molecule has 10 nitrogen and oxygen atoms in total. The van der Waals surface area contributed by atoms with E-state index in [1.165, 1.54) is 7.11 Å². The van der Waals surface area contributed by atoms with Gasteiger partial charge in [0.15, 0.2) is 11.5 Å². The number of imide groups is 1. The Hall–Kier alpha value is -4.51. The van der Waals surface area contributed by atoms with Gasteiger partial charge in [-0.05, 0) is 79.7 Å². The highest BCUT2D eigenvalue weighted by atomic mass is 32.2. The normalized spacial score (nSPS) is 15.3. The zero-order valence-corrected chi connectivity index (χ0v) is 21.6. The molecule has 2 aliphatic heterocycles. The summed E-state index contributed by atoms with van der Waals surface area (Å²) in [7, 11) is 1.33. The van der Waals surface area contributed by atoms with Crippen molar-refractivity contribution in [3.8, 4) is 17.2 Å². The predicted octanol–water partition coefficient (Wildman–Crippen LogP) is 4.28. The summed E-state index contributed by atoms with van der Waals surface area (Å²) < 4.78 is 17.3. The predicted molar refractivity (Wildman–Crippen MR) is 140 cm³/mol. The van der Waals surface area contributed by atoms with Gasteiger partial charge in [-0.2, -0.15) is 0 Å². The summed E-state index contributed by atoms with van der Waals surface area (Å²) in [6, 6.07) is 13.8. The first-order valence-corrected chi connectivity index (χ1v) is 12.4. The number of carbonyl (C=O) groups is 4. The summed E-state index contributed by atoms with van der Waals surface area (Å²) in [5, 5.41) is 2.16. The fraction of sp³-hybridized carbons (Fsp3) is 0.185. The van der Waals surface area contributed by atoms with E-state index in [-0.39, 0.29) is 11.7 Å². The highest BCUT2D eigenvalue weighted by Crippen LogP contribution is 2.35. The fourth-order valence-electron chi connectivity index (χ4n) is 4.29. The molecule has 0 saturated carbocycles. The number of anilines is 1. The molecule has 38 heavy (non-hydrogen) atoms. The maximum absolute atomic E-state index is 13.0. The monoisotopic (exact) mass is 533 g/mol. The van der Waals surface area contributed by atoms with Crippen LogP contribution in [0, 0.1) is 13.8 Å². The summed E-state index contributed by atoms with van der Waals surface area (Å²) in [5.41, 5.74) is 4.25. The SMILES string of the molecule is COC(=O)c1ccc(-n2c(C)cc(/C=C3/SC(=O)N(CC(=O)Nc4ccc5c(c4)OCO5)C3=O)c2C)cc1. The largest absolute Gasteiger partial charge is 0.465 e. The van der Waals surface area contributed by atoms with Crippen LogP contribution in [0.2, 0.25) is 0 Å². The van der Waals surface area contributed by atoms with Crippen LogP contribution in [0.1, 0.15) is 27.3 Å². The first-order valence-electron chi connectivity index (χ1n) is 11.6. The number of hydrogen-bond donors (Lipinski definition) is 1. The Morgan fingerprint density at radius 2 is 1.79 bits per heavy atom. The molecular weight excluding hydrogens is 510 g/mol. The number of aromatic nitrogens is 1. The molecule has 1 aromatic heterocycles. The van der Waals surface area contributed by atoms with E-state index >= 15 is 0 Å². The van der Waals surface area contributed by atoms with E-state index in [0.29, 0.717) is 22.7 Å². The lowest BCUT2D eigenvalue weighted by molar-refractivity contribution is -0.127. The summed E-state index contributed by atoms with van der Waals surface area (Å²) in [6.07, 6.45) is 1.66. The van der Waals surface area contributed by atoms with E-state index in [1.54, 1.807) is 36.4 Å². The molecule has 1 fully saturated rings.